The van der Waals surface area contributed by atoms with Gasteiger partial charge in [0.05, 0.1) is 16.5 Å². The maximum absolute atomic E-state index is 12.6. The summed E-state index contributed by atoms with van der Waals surface area (Å²) in [5.41, 5.74) is 1.82. The largest absolute Gasteiger partial charge is 0.348 e. The molecule has 1 atom stereocenters. The second kappa shape index (κ2) is 10.2. The number of nitrogens with zero attached hydrogens (tertiary/aromatic N) is 7. The lowest BCUT2D eigenvalue weighted by Gasteiger charge is -2.40. The van der Waals surface area contributed by atoms with E-state index in [-0.39, 0.29) is 17.5 Å². The predicted octanol–water partition coefficient (Wildman–Crippen LogP) is 4.46. The van der Waals surface area contributed by atoms with Gasteiger partial charge in [-0.15, -0.1) is 5.10 Å². The van der Waals surface area contributed by atoms with Crippen molar-refractivity contribution in [2.45, 2.75) is 32.4 Å². The van der Waals surface area contributed by atoms with Crippen molar-refractivity contribution in [1.82, 2.24) is 30.0 Å². The molecule has 1 unspecified atom stereocenters. The minimum atomic E-state index is -0.262. The Balaban J connectivity index is 1.34. The molecule has 2 aromatic carbocycles. The smallest absolute Gasteiger partial charge is 0.286 e. The third kappa shape index (κ3) is 5.23. The number of aromatic nitrogens is 4. The standard InChI is InChI=1S/C26H28ClN7OS/c1-26(2,3)34-23(29-30-31-34)22(19-9-11-20(27)12-10-19)32-13-15-33(16-14-32)25-28-24(35)21(36-25)17-18-7-5-4-6-8-18/h4-12,17,22H,13-16H2,1-3H3/b21-17-. The van der Waals surface area contributed by atoms with Gasteiger partial charge in [0.2, 0.25) is 0 Å². The minimum absolute atomic E-state index is 0.119. The zero-order valence-corrected chi connectivity index (χ0v) is 22.1. The highest BCUT2D eigenvalue weighted by molar-refractivity contribution is 8.18. The molecule has 1 amide bonds. The Kier molecular flexibility index (Phi) is 6.96. The van der Waals surface area contributed by atoms with Crippen molar-refractivity contribution >= 4 is 40.5 Å². The first-order chi connectivity index (χ1) is 17.3. The fourth-order valence-corrected chi connectivity index (χ4v) is 5.51. The number of amidine groups is 1. The van der Waals surface area contributed by atoms with Crippen LogP contribution in [-0.4, -0.2) is 67.3 Å². The Morgan fingerprint density at radius 3 is 2.36 bits per heavy atom. The molecule has 2 aliphatic heterocycles. The van der Waals surface area contributed by atoms with Crippen LogP contribution in [0.3, 0.4) is 0 Å². The zero-order chi connectivity index (χ0) is 25.3. The van der Waals surface area contributed by atoms with Crippen LogP contribution in [-0.2, 0) is 10.3 Å². The molecule has 5 rings (SSSR count). The van der Waals surface area contributed by atoms with Crippen LogP contribution in [0.1, 0.15) is 43.8 Å². The Labute approximate surface area is 220 Å². The molecule has 8 nitrogen and oxygen atoms in total. The van der Waals surface area contributed by atoms with E-state index in [4.69, 9.17) is 11.6 Å². The van der Waals surface area contributed by atoms with E-state index in [0.717, 1.165) is 48.3 Å². The first-order valence-electron chi connectivity index (χ1n) is 11.9. The summed E-state index contributed by atoms with van der Waals surface area (Å²) in [6.07, 6.45) is 1.91. The molecule has 0 aliphatic carbocycles. The molecular formula is C26H28ClN7OS. The highest BCUT2D eigenvalue weighted by Gasteiger charge is 2.35. The lowest BCUT2D eigenvalue weighted by atomic mass is 10.0. The van der Waals surface area contributed by atoms with E-state index in [1.165, 1.54) is 11.8 Å². The van der Waals surface area contributed by atoms with Gasteiger partial charge in [-0.1, -0.05) is 54.1 Å². The molecule has 1 saturated heterocycles. The number of halogens is 1. The van der Waals surface area contributed by atoms with Gasteiger partial charge in [0.25, 0.3) is 5.91 Å². The Morgan fingerprint density at radius 1 is 1.00 bits per heavy atom. The zero-order valence-electron chi connectivity index (χ0n) is 20.5. The number of benzene rings is 2. The summed E-state index contributed by atoms with van der Waals surface area (Å²) in [4.78, 5) is 22.1. The number of rotatable bonds is 4. The van der Waals surface area contributed by atoms with Gasteiger partial charge in [-0.3, -0.25) is 9.69 Å². The number of hydrogen-bond donors (Lipinski definition) is 0. The van der Waals surface area contributed by atoms with Crippen molar-refractivity contribution in [1.29, 1.82) is 0 Å². The van der Waals surface area contributed by atoms with Crippen LogP contribution in [0.25, 0.3) is 6.08 Å². The van der Waals surface area contributed by atoms with Crippen LogP contribution in [0.15, 0.2) is 64.5 Å². The van der Waals surface area contributed by atoms with Crippen LogP contribution in [0.4, 0.5) is 0 Å². The molecule has 0 saturated carbocycles. The lowest BCUT2D eigenvalue weighted by Crippen LogP contribution is -2.49. The molecular weight excluding hydrogens is 494 g/mol. The van der Waals surface area contributed by atoms with Crippen LogP contribution >= 0.6 is 23.4 Å². The second-order valence-corrected chi connectivity index (χ2v) is 11.3. The predicted molar refractivity (Wildman–Crippen MR) is 144 cm³/mol. The van der Waals surface area contributed by atoms with Gasteiger partial charge in [-0.25, -0.2) is 4.68 Å². The molecule has 1 fully saturated rings. The number of carbonyl (C=O) groups excluding carboxylic acids is 1. The van der Waals surface area contributed by atoms with E-state index in [9.17, 15) is 4.79 Å². The van der Waals surface area contributed by atoms with Crippen LogP contribution in [0.2, 0.25) is 5.02 Å². The molecule has 1 aromatic heterocycles. The first-order valence-corrected chi connectivity index (χ1v) is 13.1. The summed E-state index contributed by atoms with van der Waals surface area (Å²) in [6, 6.07) is 17.6. The van der Waals surface area contributed by atoms with Crippen LogP contribution < -0.4 is 0 Å². The third-order valence-electron chi connectivity index (χ3n) is 6.22. The van der Waals surface area contributed by atoms with E-state index < -0.39 is 0 Å². The molecule has 3 heterocycles. The van der Waals surface area contributed by atoms with Crippen molar-refractivity contribution in [2.24, 2.45) is 4.99 Å². The Bertz CT molecular complexity index is 1290. The number of hydrogen-bond acceptors (Lipinski definition) is 7. The maximum Gasteiger partial charge on any atom is 0.286 e. The van der Waals surface area contributed by atoms with Crippen LogP contribution in [0.5, 0.6) is 0 Å². The van der Waals surface area contributed by atoms with E-state index in [0.29, 0.717) is 9.93 Å². The quantitative estimate of drug-likeness (QED) is 0.469. The minimum Gasteiger partial charge on any atom is -0.348 e. The van der Waals surface area contributed by atoms with E-state index in [1.54, 1.807) is 0 Å². The molecule has 10 heteroatoms. The van der Waals surface area contributed by atoms with E-state index in [2.05, 4.69) is 51.1 Å². The summed E-state index contributed by atoms with van der Waals surface area (Å²) >= 11 is 7.63. The molecule has 36 heavy (non-hydrogen) atoms. The number of amides is 1. The monoisotopic (exact) mass is 521 g/mol. The fourth-order valence-electron chi connectivity index (χ4n) is 4.42. The van der Waals surface area contributed by atoms with Crippen molar-refractivity contribution in [3.63, 3.8) is 0 Å². The second-order valence-electron chi connectivity index (χ2n) is 9.82. The van der Waals surface area contributed by atoms with Crippen molar-refractivity contribution in [3.05, 3.63) is 81.5 Å². The lowest BCUT2D eigenvalue weighted by molar-refractivity contribution is -0.113. The first kappa shape index (κ1) is 24.7. The summed E-state index contributed by atoms with van der Waals surface area (Å²) in [5.74, 6) is 0.624. The third-order valence-corrected chi connectivity index (χ3v) is 7.51. The van der Waals surface area contributed by atoms with E-state index in [1.807, 2.05) is 65.4 Å². The number of tetrazole rings is 1. The average molecular weight is 522 g/mol. The molecule has 0 spiro atoms. The van der Waals surface area contributed by atoms with E-state index >= 15 is 0 Å². The van der Waals surface area contributed by atoms with Crippen molar-refractivity contribution < 1.29 is 4.79 Å². The summed E-state index contributed by atoms with van der Waals surface area (Å²) in [5, 5.41) is 14.2. The summed E-state index contributed by atoms with van der Waals surface area (Å²) < 4.78 is 1.90. The number of aliphatic imine (C=N–C) groups is 1. The number of carbonyl (C=O) groups is 1. The van der Waals surface area contributed by atoms with Crippen molar-refractivity contribution in [2.75, 3.05) is 26.2 Å². The van der Waals surface area contributed by atoms with Gasteiger partial charge in [-0.2, -0.15) is 4.99 Å². The van der Waals surface area contributed by atoms with Gasteiger partial charge in [0, 0.05) is 31.2 Å². The maximum atomic E-state index is 12.6. The van der Waals surface area contributed by atoms with Gasteiger partial charge >= 0.3 is 0 Å². The molecule has 2 aliphatic rings. The van der Waals surface area contributed by atoms with Gasteiger partial charge < -0.3 is 4.90 Å². The fraction of sp³-hybridized carbons (Fsp3) is 0.346. The number of thioether (sulfide) groups is 1. The molecule has 0 bridgehead atoms. The number of piperazine rings is 1. The molecule has 0 radical (unpaired) electrons. The summed E-state index contributed by atoms with van der Waals surface area (Å²) in [7, 11) is 0. The topological polar surface area (TPSA) is 79.5 Å². The molecule has 186 valence electrons. The Morgan fingerprint density at radius 2 is 1.69 bits per heavy atom. The van der Waals surface area contributed by atoms with Gasteiger partial charge in [0.1, 0.15) is 0 Å². The SMILES string of the molecule is CC(C)(C)n1nnnc1C(c1ccc(Cl)cc1)N1CCN(C2=NC(=O)/C(=C/c3ccccc3)S2)CC1. The van der Waals surface area contributed by atoms with Gasteiger partial charge in [-0.05, 0) is 72.3 Å². The highest BCUT2D eigenvalue weighted by atomic mass is 35.5. The highest BCUT2D eigenvalue weighted by Crippen LogP contribution is 2.34. The normalized spacial score (nSPS) is 19.1. The molecule has 0 N–H and O–H groups in total. The molecule has 3 aromatic rings. The average Bonchev–Trinajstić information content (AvgIpc) is 3.49. The van der Waals surface area contributed by atoms with Crippen LogP contribution in [0, 0.1) is 0 Å². The Hall–Kier alpha value is -3.01. The summed E-state index contributed by atoms with van der Waals surface area (Å²) in [6.45, 7) is 9.33. The van der Waals surface area contributed by atoms with Crippen molar-refractivity contribution in [3.8, 4) is 0 Å². The van der Waals surface area contributed by atoms with Gasteiger partial charge in [0.15, 0.2) is 11.0 Å².